The molecule has 1 saturated heterocycles. The number of hydrogen-bond donors (Lipinski definition) is 0. The van der Waals surface area contributed by atoms with Gasteiger partial charge < -0.3 is 4.74 Å². The van der Waals surface area contributed by atoms with Gasteiger partial charge in [-0.3, -0.25) is 4.79 Å². The molecule has 18 heavy (non-hydrogen) atoms. The zero-order chi connectivity index (χ0) is 13.8. The summed E-state index contributed by atoms with van der Waals surface area (Å²) < 4.78 is 62.1. The zero-order valence-electron chi connectivity index (χ0n) is 9.70. The van der Waals surface area contributed by atoms with Crippen LogP contribution in [0.15, 0.2) is 0 Å². The van der Waals surface area contributed by atoms with Gasteiger partial charge in [0.1, 0.15) is 16.3 Å². The van der Waals surface area contributed by atoms with Gasteiger partial charge in [0.2, 0.25) is 0 Å². The molecule has 1 heterocycles. The molecular weight excluding hydrogens is 273 g/mol. The van der Waals surface area contributed by atoms with Crippen LogP contribution in [0.5, 0.6) is 0 Å². The largest absolute Gasteiger partial charge is 0.465 e. The molecule has 0 saturated carbocycles. The molecule has 0 radical (unpaired) electrons. The molecule has 0 aromatic rings. The maximum Gasteiger partial charge on any atom is 0.399 e. The van der Waals surface area contributed by atoms with E-state index >= 15 is 0 Å². The number of esters is 1. The highest BCUT2D eigenvalue weighted by atomic mass is 32.2. The van der Waals surface area contributed by atoms with Gasteiger partial charge in [-0.2, -0.15) is 13.2 Å². The molecule has 1 aliphatic rings. The van der Waals surface area contributed by atoms with Crippen molar-refractivity contribution in [3.8, 4) is 0 Å². The van der Waals surface area contributed by atoms with Gasteiger partial charge in [0.05, 0.1) is 18.1 Å². The number of alkyl halides is 3. The quantitative estimate of drug-likeness (QED) is 0.739. The summed E-state index contributed by atoms with van der Waals surface area (Å²) in [5, 5.41) is 0. The summed E-state index contributed by atoms with van der Waals surface area (Å²) in [6.45, 7) is -0.0837. The van der Waals surface area contributed by atoms with E-state index in [-0.39, 0.29) is 24.0 Å². The average Bonchev–Trinajstić information content (AvgIpc) is 2.18. The Hall–Kier alpha value is -0.790. The number of carbonyl (C=O) groups is 1. The number of sulfone groups is 1. The SMILES string of the molecule is O=C(CC(F)(F)F)OCCC1CCS(=O)(=O)CC1. The minimum absolute atomic E-state index is 0.0837. The maximum atomic E-state index is 11.8. The van der Waals surface area contributed by atoms with Crippen LogP contribution in [0.1, 0.15) is 25.7 Å². The lowest BCUT2D eigenvalue weighted by molar-refractivity contribution is -0.171. The van der Waals surface area contributed by atoms with Gasteiger partial charge in [0.25, 0.3) is 0 Å². The molecular formula is C10H15F3O4S. The first-order valence-electron chi connectivity index (χ1n) is 5.61. The molecule has 0 spiro atoms. The van der Waals surface area contributed by atoms with Crippen LogP contribution >= 0.6 is 0 Å². The Morgan fingerprint density at radius 3 is 2.28 bits per heavy atom. The van der Waals surface area contributed by atoms with Crippen molar-refractivity contribution < 1.29 is 31.1 Å². The summed E-state index contributed by atoms with van der Waals surface area (Å²) in [5.41, 5.74) is 0. The van der Waals surface area contributed by atoms with Crippen molar-refractivity contribution in [1.82, 2.24) is 0 Å². The molecule has 0 aromatic carbocycles. The normalized spacial score (nSPS) is 20.6. The first-order valence-corrected chi connectivity index (χ1v) is 7.43. The number of hydrogen-bond acceptors (Lipinski definition) is 4. The third-order valence-electron chi connectivity index (χ3n) is 2.81. The third kappa shape index (κ3) is 6.23. The zero-order valence-corrected chi connectivity index (χ0v) is 10.5. The van der Waals surface area contributed by atoms with E-state index in [4.69, 9.17) is 0 Å². The number of ether oxygens (including phenoxy) is 1. The molecule has 0 aromatic heterocycles. The molecule has 0 atom stereocenters. The second-order valence-corrected chi connectivity index (χ2v) is 6.70. The predicted molar refractivity (Wildman–Crippen MR) is 57.6 cm³/mol. The first kappa shape index (κ1) is 15.3. The Morgan fingerprint density at radius 1 is 1.22 bits per heavy atom. The van der Waals surface area contributed by atoms with Crippen molar-refractivity contribution in [3.63, 3.8) is 0 Å². The summed E-state index contributed by atoms with van der Waals surface area (Å²) in [4.78, 5) is 10.8. The number of carbonyl (C=O) groups excluding carboxylic acids is 1. The molecule has 1 rings (SSSR count). The second kappa shape index (κ2) is 5.90. The van der Waals surface area contributed by atoms with Crippen LogP contribution < -0.4 is 0 Å². The fraction of sp³-hybridized carbons (Fsp3) is 0.900. The molecule has 1 aliphatic heterocycles. The number of halogens is 3. The van der Waals surface area contributed by atoms with Crippen LogP contribution in [-0.4, -0.2) is 38.7 Å². The van der Waals surface area contributed by atoms with Gasteiger partial charge in [0, 0.05) is 0 Å². The smallest absolute Gasteiger partial charge is 0.399 e. The van der Waals surface area contributed by atoms with Crippen LogP contribution in [0.2, 0.25) is 0 Å². The van der Waals surface area contributed by atoms with Crippen molar-refractivity contribution in [1.29, 1.82) is 0 Å². The average molecular weight is 288 g/mol. The first-order chi connectivity index (χ1) is 8.18. The molecule has 4 nitrogen and oxygen atoms in total. The summed E-state index contributed by atoms with van der Waals surface area (Å²) in [5.74, 6) is -0.972. The van der Waals surface area contributed by atoms with Crippen LogP contribution in [0, 0.1) is 5.92 Å². The Morgan fingerprint density at radius 2 is 1.78 bits per heavy atom. The van der Waals surface area contributed by atoms with E-state index in [9.17, 15) is 26.4 Å². The fourth-order valence-corrected chi connectivity index (χ4v) is 3.37. The van der Waals surface area contributed by atoms with Crippen LogP contribution in [0.25, 0.3) is 0 Å². The van der Waals surface area contributed by atoms with Crippen LogP contribution in [0.3, 0.4) is 0 Å². The van der Waals surface area contributed by atoms with Crippen molar-refractivity contribution >= 4 is 15.8 Å². The minimum Gasteiger partial charge on any atom is -0.465 e. The van der Waals surface area contributed by atoms with E-state index in [0.717, 1.165) is 0 Å². The Kier molecular flexibility index (Phi) is 5.01. The summed E-state index contributed by atoms with van der Waals surface area (Å²) >= 11 is 0. The molecule has 1 fully saturated rings. The van der Waals surface area contributed by atoms with Crippen molar-refractivity contribution in [2.75, 3.05) is 18.1 Å². The predicted octanol–water partition coefficient (Wildman–Crippen LogP) is 1.70. The molecule has 0 bridgehead atoms. The van der Waals surface area contributed by atoms with Gasteiger partial charge in [-0.05, 0) is 25.2 Å². The fourth-order valence-electron chi connectivity index (χ4n) is 1.78. The van der Waals surface area contributed by atoms with E-state index in [2.05, 4.69) is 4.74 Å². The summed E-state index contributed by atoms with van der Waals surface area (Å²) in [6, 6.07) is 0. The van der Waals surface area contributed by atoms with Crippen molar-refractivity contribution in [3.05, 3.63) is 0 Å². The lowest BCUT2D eigenvalue weighted by Gasteiger charge is -2.21. The van der Waals surface area contributed by atoms with Crippen LogP contribution in [-0.2, 0) is 19.4 Å². The number of rotatable bonds is 4. The van der Waals surface area contributed by atoms with Gasteiger partial charge in [0.15, 0.2) is 0 Å². The standard InChI is InChI=1S/C10H15F3O4S/c11-10(12,13)7-9(14)17-4-1-8-2-5-18(15,16)6-3-8/h8H,1-7H2. The Labute approximate surface area is 103 Å². The lowest BCUT2D eigenvalue weighted by Crippen LogP contribution is -2.25. The third-order valence-corrected chi connectivity index (χ3v) is 4.52. The van der Waals surface area contributed by atoms with Crippen molar-refractivity contribution in [2.24, 2.45) is 5.92 Å². The van der Waals surface area contributed by atoms with Gasteiger partial charge in [-0.15, -0.1) is 0 Å². The molecule has 0 amide bonds. The van der Waals surface area contributed by atoms with Crippen molar-refractivity contribution in [2.45, 2.75) is 31.9 Å². The monoisotopic (exact) mass is 288 g/mol. The van der Waals surface area contributed by atoms with E-state index in [1.54, 1.807) is 0 Å². The molecule has 8 heteroatoms. The second-order valence-electron chi connectivity index (χ2n) is 4.40. The van der Waals surface area contributed by atoms with Gasteiger partial charge in [-0.25, -0.2) is 8.42 Å². The summed E-state index contributed by atoms with van der Waals surface area (Å²) in [6.07, 6.45) is -4.74. The molecule has 0 aliphatic carbocycles. The highest BCUT2D eigenvalue weighted by Crippen LogP contribution is 2.23. The van der Waals surface area contributed by atoms with E-state index < -0.39 is 28.4 Å². The van der Waals surface area contributed by atoms with Gasteiger partial charge >= 0.3 is 12.1 Å². The molecule has 106 valence electrons. The van der Waals surface area contributed by atoms with E-state index in [1.165, 1.54) is 0 Å². The van der Waals surface area contributed by atoms with Crippen LogP contribution in [0.4, 0.5) is 13.2 Å². The van der Waals surface area contributed by atoms with E-state index in [1.807, 2.05) is 0 Å². The maximum absolute atomic E-state index is 11.8. The van der Waals surface area contributed by atoms with Gasteiger partial charge in [-0.1, -0.05) is 0 Å². The highest BCUT2D eigenvalue weighted by molar-refractivity contribution is 7.91. The topological polar surface area (TPSA) is 60.4 Å². The lowest BCUT2D eigenvalue weighted by atomic mass is 10.00. The summed E-state index contributed by atoms with van der Waals surface area (Å²) in [7, 11) is -2.94. The minimum atomic E-state index is -4.55. The molecule has 0 unspecified atom stereocenters. The molecule has 0 N–H and O–H groups in total. The Bertz CT molecular complexity index is 374. The highest BCUT2D eigenvalue weighted by Gasteiger charge is 2.32. The Balaban J connectivity index is 2.17. The van der Waals surface area contributed by atoms with E-state index in [0.29, 0.717) is 19.3 Å².